The summed E-state index contributed by atoms with van der Waals surface area (Å²) in [6, 6.07) is 5.15. The van der Waals surface area contributed by atoms with Crippen molar-refractivity contribution in [1.82, 2.24) is 5.32 Å². The summed E-state index contributed by atoms with van der Waals surface area (Å²) >= 11 is 0. The Morgan fingerprint density at radius 1 is 1.28 bits per heavy atom. The zero-order valence-corrected chi connectivity index (χ0v) is 15.2. The summed E-state index contributed by atoms with van der Waals surface area (Å²) in [5.74, 6) is 0.213. The molecule has 1 saturated carbocycles. The van der Waals surface area contributed by atoms with E-state index in [-0.39, 0.29) is 17.7 Å². The van der Waals surface area contributed by atoms with Gasteiger partial charge in [0.25, 0.3) is 5.91 Å². The topological polar surface area (TPSA) is 102 Å². The second kappa shape index (κ2) is 7.76. The van der Waals surface area contributed by atoms with Gasteiger partial charge >= 0.3 is 6.09 Å². The maximum Gasteiger partial charge on any atom is 0.405 e. The van der Waals surface area contributed by atoms with Crippen molar-refractivity contribution >= 4 is 12.0 Å². The predicted octanol–water partition coefficient (Wildman–Crippen LogP) is 3.25. The minimum atomic E-state index is -0.746. The zero-order chi connectivity index (χ0) is 18.6. The number of phenolic OH excluding ortho intramolecular Hbond substituents is 1. The number of nitrogens with one attached hydrogen (secondary N) is 1. The minimum Gasteiger partial charge on any atom is -0.507 e. The maximum atomic E-state index is 12.3. The number of phenols is 1. The molecule has 25 heavy (non-hydrogen) atoms. The number of carbonyl (C=O) groups is 2. The maximum absolute atomic E-state index is 12.3. The quantitative estimate of drug-likeness (QED) is 0.760. The van der Waals surface area contributed by atoms with E-state index in [9.17, 15) is 14.7 Å². The van der Waals surface area contributed by atoms with Crippen molar-refractivity contribution in [1.29, 1.82) is 0 Å². The van der Waals surface area contributed by atoms with E-state index >= 15 is 0 Å². The Morgan fingerprint density at radius 2 is 1.92 bits per heavy atom. The van der Waals surface area contributed by atoms with Crippen LogP contribution < -0.4 is 11.1 Å². The van der Waals surface area contributed by atoms with Crippen molar-refractivity contribution in [3.8, 4) is 5.75 Å². The number of hydrogen-bond acceptors (Lipinski definition) is 4. The summed E-state index contributed by atoms with van der Waals surface area (Å²) in [6.07, 6.45) is 3.66. The average molecular weight is 348 g/mol. The molecular weight excluding hydrogens is 320 g/mol. The largest absolute Gasteiger partial charge is 0.507 e. The number of aryl methyl sites for hydroxylation is 1. The summed E-state index contributed by atoms with van der Waals surface area (Å²) in [6.45, 7) is 5.60. The van der Waals surface area contributed by atoms with Crippen LogP contribution in [0.1, 0.15) is 61.9 Å². The molecule has 6 heteroatoms. The SMILES string of the molecule is Cc1ccc(C(=O)N[C@H]2CC[C@@H](CC(C)(C)OC(N)=O)CC2)c(O)c1. The highest BCUT2D eigenvalue weighted by Gasteiger charge is 2.30. The standard InChI is InChI=1S/C19H28N2O4/c1-12-4-9-15(16(22)10-12)17(23)21-14-7-5-13(6-8-14)11-19(2,3)25-18(20)24/h4,9-10,13-14,22H,5-8,11H2,1-3H3,(H2,20,24)(H,21,23)/t13-,14+. The number of amides is 2. The van der Waals surface area contributed by atoms with E-state index in [0.717, 1.165) is 37.7 Å². The summed E-state index contributed by atoms with van der Waals surface area (Å²) in [5.41, 5.74) is 5.76. The van der Waals surface area contributed by atoms with Crippen molar-refractivity contribution in [2.75, 3.05) is 0 Å². The number of rotatable bonds is 5. The number of benzene rings is 1. The Labute approximate surface area is 148 Å². The van der Waals surface area contributed by atoms with Crippen molar-refractivity contribution in [3.63, 3.8) is 0 Å². The van der Waals surface area contributed by atoms with Gasteiger partial charge < -0.3 is 20.9 Å². The van der Waals surface area contributed by atoms with Gasteiger partial charge in [0.15, 0.2) is 0 Å². The van der Waals surface area contributed by atoms with Gasteiger partial charge in [-0.25, -0.2) is 4.79 Å². The monoisotopic (exact) mass is 348 g/mol. The first-order valence-electron chi connectivity index (χ1n) is 8.75. The molecule has 4 N–H and O–H groups in total. The molecule has 138 valence electrons. The summed E-state index contributed by atoms with van der Waals surface area (Å²) in [5, 5.41) is 12.9. The molecule has 0 saturated heterocycles. The molecule has 0 spiro atoms. The molecule has 0 unspecified atom stereocenters. The van der Waals surface area contributed by atoms with E-state index in [2.05, 4.69) is 5.32 Å². The molecule has 1 aromatic carbocycles. The van der Waals surface area contributed by atoms with Crippen LogP contribution in [0.5, 0.6) is 5.75 Å². The van der Waals surface area contributed by atoms with Crippen LogP contribution in [-0.2, 0) is 4.74 Å². The number of ether oxygens (including phenoxy) is 1. The van der Waals surface area contributed by atoms with Gasteiger partial charge in [0.05, 0.1) is 5.56 Å². The van der Waals surface area contributed by atoms with Crippen LogP contribution in [0.3, 0.4) is 0 Å². The van der Waals surface area contributed by atoms with Gasteiger partial charge in [0, 0.05) is 6.04 Å². The lowest BCUT2D eigenvalue weighted by Gasteiger charge is -2.34. The highest BCUT2D eigenvalue weighted by atomic mass is 16.6. The molecule has 0 radical (unpaired) electrons. The molecule has 1 aliphatic rings. The van der Waals surface area contributed by atoms with Crippen LogP contribution in [-0.4, -0.2) is 28.7 Å². The van der Waals surface area contributed by atoms with Crippen LogP contribution in [0, 0.1) is 12.8 Å². The molecule has 6 nitrogen and oxygen atoms in total. The van der Waals surface area contributed by atoms with Crippen molar-refractivity contribution in [2.24, 2.45) is 11.7 Å². The summed E-state index contributed by atoms with van der Waals surface area (Å²) in [4.78, 5) is 23.3. The molecule has 0 aliphatic heterocycles. The third-order valence-electron chi connectivity index (χ3n) is 4.74. The number of hydrogen-bond donors (Lipinski definition) is 3. The first kappa shape index (κ1) is 19.1. The van der Waals surface area contributed by atoms with Gasteiger partial charge in [-0.2, -0.15) is 0 Å². The lowest BCUT2D eigenvalue weighted by atomic mass is 9.80. The van der Waals surface area contributed by atoms with Crippen molar-refractivity contribution in [3.05, 3.63) is 29.3 Å². The molecule has 0 bridgehead atoms. The van der Waals surface area contributed by atoms with E-state index in [4.69, 9.17) is 10.5 Å². The van der Waals surface area contributed by atoms with E-state index in [0.29, 0.717) is 11.5 Å². The molecule has 0 heterocycles. The molecule has 0 atom stereocenters. The van der Waals surface area contributed by atoms with Crippen LogP contribution >= 0.6 is 0 Å². The van der Waals surface area contributed by atoms with Gasteiger partial charge in [-0.3, -0.25) is 4.79 Å². The zero-order valence-electron chi connectivity index (χ0n) is 15.2. The van der Waals surface area contributed by atoms with E-state index in [1.165, 1.54) is 0 Å². The second-order valence-electron chi connectivity index (χ2n) is 7.60. The third kappa shape index (κ3) is 5.66. The highest BCUT2D eigenvalue weighted by molar-refractivity contribution is 5.97. The fourth-order valence-corrected chi connectivity index (χ4v) is 3.62. The predicted molar refractivity (Wildman–Crippen MR) is 95.4 cm³/mol. The van der Waals surface area contributed by atoms with Gasteiger partial charge in [-0.15, -0.1) is 0 Å². The highest BCUT2D eigenvalue weighted by Crippen LogP contribution is 2.32. The number of primary amides is 1. The Morgan fingerprint density at radius 3 is 2.48 bits per heavy atom. The second-order valence-corrected chi connectivity index (χ2v) is 7.60. The molecule has 1 aliphatic carbocycles. The van der Waals surface area contributed by atoms with Gasteiger partial charge in [-0.1, -0.05) is 6.07 Å². The first-order chi connectivity index (χ1) is 11.7. The molecule has 2 amide bonds. The summed E-state index contributed by atoms with van der Waals surface area (Å²) < 4.78 is 5.15. The van der Waals surface area contributed by atoms with Crippen molar-refractivity contribution in [2.45, 2.75) is 64.5 Å². The van der Waals surface area contributed by atoms with E-state index in [1.54, 1.807) is 12.1 Å². The van der Waals surface area contributed by atoms with Crippen molar-refractivity contribution < 1.29 is 19.4 Å². The Hall–Kier alpha value is -2.24. The number of carbonyl (C=O) groups excluding carboxylic acids is 2. The van der Waals surface area contributed by atoms with E-state index < -0.39 is 11.7 Å². The van der Waals surface area contributed by atoms with E-state index in [1.807, 2.05) is 26.8 Å². The number of aromatic hydroxyl groups is 1. The fraction of sp³-hybridized carbons (Fsp3) is 0.579. The van der Waals surface area contributed by atoms with Crippen LogP contribution in [0.2, 0.25) is 0 Å². The van der Waals surface area contributed by atoms with Crippen LogP contribution in [0.15, 0.2) is 18.2 Å². The van der Waals surface area contributed by atoms with Crippen LogP contribution in [0.25, 0.3) is 0 Å². The Balaban J connectivity index is 1.84. The lowest BCUT2D eigenvalue weighted by molar-refractivity contribution is 0.0206. The minimum absolute atomic E-state index is 0.0107. The molecular formula is C19H28N2O4. The Kier molecular flexibility index (Phi) is 5.93. The number of nitrogens with two attached hydrogens (primary N) is 1. The molecule has 1 fully saturated rings. The molecule has 2 rings (SSSR count). The normalized spacial score (nSPS) is 20.8. The van der Waals surface area contributed by atoms with Crippen LogP contribution in [0.4, 0.5) is 4.79 Å². The average Bonchev–Trinajstić information content (AvgIpc) is 2.47. The molecule has 0 aromatic heterocycles. The lowest BCUT2D eigenvalue weighted by Crippen LogP contribution is -2.39. The molecule has 1 aromatic rings. The first-order valence-corrected chi connectivity index (χ1v) is 8.75. The van der Waals surface area contributed by atoms with Gasteiger partial charge in [-0.05, 0) is 76.5 Å². The van der Waals surface area contributed by atoms with Gasteiger partial charge in [0.2, 0.25) is 0 Å². The fourth-order valence-electron chi connectivity index (χ4n) is 3.62. The summed E-state index contributed by atoms with van der Waals surface area (Å²) in [7, 11) is 0. The third-order valence-corrected chi connectivity index (χ3v) is 4.74. The smallest absolute Gasteiger partial charge is 0.405 e. The van der Waals surface area contributed by atoms with Gasteiger partial charge in [0.1, 0.15) is 11.4 Å². The Bertz CT molecular complexity index is 634.